The zero-order valence-electron chi connectivity index (χ0n) is 40.3. The van der Waals surface area contributed by atoms with Crippen molar-refractivity contribution in [3.63, 3.8) is 0 Å². The van der Waals surface area contributed by atoms with Crippen molar-refractivity contribution in [1.82, 2.24) is 0 Å². The molecular weight excluding hydrogens is 856 g/mol. The molecular formula is C68H49BN2. The SMILES string of the molecule is CC(C)c1ccc2cc3c(cc2c1)B1c2cc4cc(C(C)C)ccc4cc2N(c2ccc4c5ccccc5c5ccccc5c4c2)c2cccc(c21)N3c1ccc2c3ccccc3c3ccccc3c2c1. The smallest absolute Gasteiger partial charge is 0.252 e. The van der Waals surface area contributed by atoms with Crippen molar-refractivity contribution in [2.75, 3.05) is 9.80 Å². The number of nitrogens with zero attached hydrogens (tertiary/aromatic N) is 2. The summed E-state index contributed by atoms with van der Waals surface area (Å²) in [6.07, 6.45) is 0. The fraction of sp³-hybridized carbons (Fsp3) is 0.0882. The maximum absolute atomic E-state index is 2.59. The quantitative estimate of drug-likeness (QED) is 0.128. The van der Waals surface area contributed by atoms with E-state index in [1.54, 1.807) is 0 Å². The van der Waals surface area contributed by atoms with Crippen LogP contribution in [0.5, 0.6) is 0 Å². The number of rotatable bonds is 4. The molecule has 0 spiro atoms. The predicted octanol–water partition coefficient (Wildman–Crippen LogP) is 17.2. The Morgan fingerprint density at radius 1 is 0.282 bits per heavy atom. The monoisotopic (exact) mass is 904 g/mol. The number of hydrogen-bond acceptors (Lipinski definition) is 2. The number of fused-ring (bicyclic) bond motifs is 18. The first-order chi connectivity index (χ1) is 34.9. The fourth-order valence-electron chi connectivity index (χ4n) is 12.8. The van der Waals surface area contributed by atoms with Gasteiger partial charge in [-0.15, -0.1) is 0 Å². The first-order valence-electron chi connectivity index (χ1n) is 25.4. The largest absolute Gasteiger partial charge is 0.311 e. The van der Waals surface area contributed by atoms with E-state index in [0.717, 1.165) is 11.4 Å². The van der Waals surface area contributed by atoms with E-state index in [2.05, 4.69) is 250 Å². The van der Waals surface area contributed by atoms with Gasteiger partial charge < -0.3 is 9.80 Å². The molecule has 0 unspecified atom stereocenters. The van der Waals surface area contributed by atoms with E-state index in [1.165, 1.54) is 136 Å². The molecule has 71 heavy (non-hydrogen) atoms. The van der Waals surface area contributed by atoms with Crippen LogP contribution in [-0.4, -0.2) is 6.71 Å². The highest BCUT2D eigenvalue weighted by molar-refractivity contribution is 7.00. The molecule has 2 aliphatic heterocycles. The summed E-state index contributed by atoms with van der Waals surface area (Å²) in [5.41, 5.74) is 13.9. The van der Waals surface area contributed by atoms with E-state index in [0.29, 0.717) is 11.8 Å². The van der Waals surface area contributed by atoms with Gasteiger partial charge in [-0.25, -0.2) is 0 Å². The minimum atomic E-state index is -0.0200. The predicted molar refractivity (Wildman–Crippen MR) is 309 cm³/mol. The maximum atomic E-state index is 2.59. The van der Waals surface area contributed by atoms with Crippen molar-refractivity contribution in [2.45, 2.75) is 39.5 Å². The highest BCUT2D eigenvalue weighted by atomic mass is 15.2. The Labute approximate surface area is 414 Å². The molecule has 2 nitrogen and oxygen atoms in total. The molecule has 0 aromatic heterocycles. The highest BCUT2D eigenvalue weighted by Gasteiger charge is 2.43. The first kappa shape index (κ1) is 40.5. The summed E-state index contributed by atoms with van der Waals surface area (Å²) in [6.45, 7) is 9.19. The second-order valence-corrected chi connectivity index (χ2v) is 20.8. The zero-order valence-corrected chi connectivity index (χ0v) is 40.3. The van der Waals surface area contributed by atoms with Gasteiger partial charge in [-0.05, 0) is 174 Å². The molecule has 13 aromatic rings. The van der Waals surface area contributed by atoms with Crippen LogP contribution in [0.4, 0.5) is 34.1 Å². The van der Waals surface area contributed by atoms with E-state index >= 15 is 0 Å². The summed E-state index contributed by atoms with van der Waals surface area (Å²) in [6, 6.07) is 81.4. The Morgan fingerprint density at radius 3 is 1.00 bits per heavy atom. The van der Waals surface area contributed by atoms with Gasteiger partial charge in [0.2, 0.25) is 0 Å². The van der Waals surface area contributed by atoms with Gasteiger partial charge in [0.25, 0.3) is 6.71 Å². The third-order valence-electron chi connectivity index (χ3n) is 16.3. The third-order valence-corrected chi connectivity index (χ3v) is 16.3. The fourth-order valence-corrected chi connectivity index (χ4v) is 12.8. The van der Waals surface area contributed by atoms with E-state index in [4.69, 9.17) is 0 Å². The molecule has 0 fully saturated rings. The van der Waals surface area contributed by atoms with Crippen LogP contribution in [0.2, 0.25) is 0 Å². The normalized spacial score (nSPS) is 13.2. The number of hydrogen-bond donors (Lipinski definition) is 0. The lowest BCUT2D eigenvalue weighted by Crippen LogP contribution is -2.61. The molecule has 0 saturated carbocycles. The van der Waals surface area contributed by atoms with Crippen LogP contribution >= 0.6 is 0 Å². The summed E-state index contributed by atoms with van der Waals surface area (Å²) in [5.74, 6) is 0.843. The Kier molecular flexibility index (Phi) is 8.58. The average Bonchev–Trinajstić information content (AvgIpc) is 3.41. The molecule has 0 amide bonds. The van der Waals surface area contributed by atoms with Gasteiger partial charge >= 0.3 is 0 Å². The molecule has 2 aliphatic rings. The van der Waals surface area contributed by atoms with Crippen molar-refractivity contribution < 1.29 is 0 Å². The molecule has 13 aromatic carbocycles. The van der Waals surface area contributed by atoms with Gasteiger partial charge in [0.1, 0.15) is 0 Å². The average molecular weight is 905 g/mol. The van der Waals surface area contributed by atoms with Crippen LogP contribution in [0.1, 0.15) is 50.7 Å². The summed E-state index contributed by atoms with van der Waals surface area (Å²) in [4.78, 5) is 5.18. The van der Waals surface area contributed by atoms with E-state index in [-0.39, 0.29) is 6.71 Å². The van der Waals surface area contributed by atoms with E-state index in [1.807, 2.05) is 0 Å². The summed E-state index contributed by atoms with van der Waals surface area (Å²) >= 11 is 0. The lowest BCUT2D eigenvalue weighted by Gasteiger charge is -2.44. The number of benzene rings is 13. The first-order valence-corrected chi connectivity index (χ1v) is 25.4. The van der Waals surface area contributed by atoms with Crippen molar-refractivity contribution in [1.29, 1.82) is 0 Å². The van der Waals surface area contributed by atoms with Crippen LogP contribution in [0, 0.1) is 0 Å². The van der Waals surface area contributed by atoms with Gasteiger partial charge in [0.15, 0.2) is 0 Å². The molecule has 0 bridgehead atoms. The molecule has 0 radical (unpaired) electrons. The van der Waals surface area contributed by atoms with Crippen molar-refractivity contribution in [3.8, 4) is 0 Å². The maximum Gasteiger partial charge on any atom is 0.252 e. The second kappa shape index (κ2) is 15.1. The Hall–Kier alpha value is -8.40. The summed E-state index contributed by atoms with van der Waals surface area (Å²) < 4.78 is 0. The summed E-state index contributed by atoms with van der Waals surface area (Å²) in [5, 5.41) is 20.4. The lowest BCUT2D eigenvalue weighted by molar-refractivity contribution is 0.869. The molecule has 0 atom stereocenters. The van der Waals surface area contributed by atoms with Gasteiger partial charge in [-0.2, -0.15) is 0 Å². The molecule has 334 valence electrons. The van der Waals surface area contributed by atoms with Gasteiger partial charge in [-0.1, -0.05) is 191 Å². The molecule has 0 aliphatic carbocycles. The van der Waals surface area contributed by atoms with Crippen molar-refractivity contribution in [3.05, 3.63) is 223 Å². The summed E-state index contributed by atoms with van der Waals surface area (Å²) in [7, 11) is 0. The zero-order chi connectivity index (χ0) is 47.2. The van der Waals surface area contributed by atoms with Gasteiger partial charge in [-0.3, -0.25) is 0 Å². The second-order valence-electron chi connectivity index (χ2n) is 20.8. The molecule has 3 heteroatoms. The van der Waals surface area contributed by atoms with Gasteiger partial charge in [0.05, 0.1) is 0 Å². The van der Waals surface area contributed by atoms with Crippen LogP contribution in [0.25, 0.3) is 86.2 Å². The Balaban J connectivity index is 1.05. The van der Waals surface area contributed by atoms with Crippen LogP contribution < -0.4 is 26.2 Å². The van der Waals surface area contributed by atoms with Crippen LogP contribution in [0.15, 0.2) is 212 Å². The van der Waals surface area contributed by atoms with Crippen molar-refractivity contribution >= 4 is 143 Å². The minimum Gasteiger partial charge on any atom is -0.311 e. The highest BCUT2D eigenvalue weighted by Crippen LogP contribution is 2.48. The van der Waals surface area contributed by atoms with E-state index in [9.17, 15) is 0 Å². The molecule has 2 heterocycles. The van der Waals surface area contributed by atoms with Crippen LogP contribution in [0.3, 0.4) is 0 Å². The third kappa shape index (κ3) is 5.84. The van der Waals surface area contributed by atoms with Crippen LogP contribution in [-0.2, 0) is 0 Å². The number of anilines is 6. The molecule has 15 rings (SSSR count). The Bertz CT molecular complexity index is 4100. The Morgan fingerprint density at radius 2 is 0.634 bits per heavy atom. The minimum absolute atomic E-state index is 0.0200. The van der Waals surface area contributed by atoms with Gasteiger partial charge in [0, 0.05) is 34.1 Å². The molecule has 0 N–H and O–H groups in total. The topological polar surface area (TPSA) is 6.48 Å². The lowest BCUT2D eigenvalue weighted by atomic mass is 9.33. The van der Waals surface area contributed by atoms with E-state index < -0.39 is 0 Å². The van der Waals surface area contributed by atoms with Crippen molar-refractivity contribution in [2.24, 2.45) is 0 Å². The molecule has 0 saturated heterocycles. The standard InChI is InChI=1S/C68H49BN2/c1-40(2)42-24-26-44-36-66-62(34-46(44)32-42)69-63-35-47-33-43(41(3)4)25-27-45(47)37-67(63)71(49-29-31-59-55-19-8-6-15-51(55)53-17-10-12-21-57(53)61(59)39-49)65-23-13-22-64(68(65)69)70(66)48-28-30-58-54-18-7-5-14-50(54)52-16-9-11-20-56(52)60(58)38-48/h5-41H,1-4H3.